The zero-order valence-corrected chi connectivity index (χ0v) is 16.3. The molecule has 2 aliphatic carbocycles. The van der Waals surface area contributed by atoms with E-state index in [-0.39, 0.29) is 11.8 Å². The number of amides is 2. The summed E-state index contributed by atoms with van der Waals surface area (Å²) >= 11 is 0. The summed E-state index contributed by atoms with van der Waals surface area (Å²) in [5.74, 6) is 1.57. The van der Waals surface area contributed by atoms with E-state index in [1.807, 2.05) is 17.9 Å². The highest BCUT2D eigenvalue weighted by atomic mass is 16.2. The van der Waals surface area contributed by atoms with E-state index in [1.54, 1.807) is 0 Å². The van der Waals surface area contributed by atoms with Gasteiger partial charge in [0.1, 0.15) is 0 Å². The molecule has 3 fully saturated rings. The van der Waals surface area contributed by atoms with E-state index in [4.69, 9.17) is 0 Å². The van der Waals surface area contributed by atoms with Crippen LogP contribution in [0.1, 0.15) is 60.8 Å². The van der Waals surface area contributed by atoms with E-state index in [9.17, 15) is 9.59 Å². The van der Waals surface area contributed by atoms with Crippen molar-refractivity contribution in [1.82, 2.24) is 14.8 Å². The van der Waals surface area contributed by atoms with Crippen LogP contribution in [0, 0.1) is 31.1 Å². The van der Waals surface area contributed by atoms with Gasteiger partial charge in [-0.1, -0.05) is 6.42 Å². The van der Waals surface area contributed by atoms with Gasteiger partial charge < -0.3 is 14.8 Å². The number of aryl methyl sites for hydroxylation is 1. The molecule has 0 aromatic carbocycles. The fraction of sp³-hybridized carbons (Fsp3) is 0.714. The standard InChI is InChI=1S/C21H31N3O2/c1-4-24-14(2)8-18(15(24)3)20(26)23-12-16(13-23)11-22-19(25)10-21-7-5-6-17(21)9-21/h8,16-17H,4-7,9-13H2,1-3H3,(H,22,25). The van der Waals surface area contributed by atoms with E-state index in [2.05, 4.69) is 23.7 Å². The molecule has 2 heterocycles. The van der Waals surface area contributed by atoms with Crippen LogP contribution in [-0.4, -0.2) is 40.9 Å². The highest BCUT2D eigenvalue weighted by Gasteiger charge is 2.57. The lowest BCUT2D eigenvalue weighted by Gasteiger charge is -2.39. The number of nitrogens with one attached hydrogen (secondary N) is 1. The third kappa shape index (κ3) is 2.95. The zero-order valence-electron chi connectivity index (χ0n) is 16.3. The van der Waals surface area contributed by atoms with Crippen molar-refractivity contribution in [3.63, 3.8) is 0 Å². The second kappa shape index (κ2) is 6.43. The van der Waals surface area contributed by atoms with Crippen LogP contribution in [0.15, 0.2) is 6.07 Å². The van der Waals surface area contributed by atoms with Gasteiger partial charge in [-0.25, -0.2) is 0 Å². The summed E-state index contributed by atoms with van der Waals surface area (Å²) in [7, 11) is 0. The number of carbonyl (C=O) groups is 2. The van der Waals surface area contributed by atoms with Crippen molar-refractivity contribution in [1.29, 1.82) is 0 Å². The van der Waals surface area contributed by atoms with Crippen molar-refractivity contribution >= 4 is 11.8 Å². The van der Waals surface area contributed by atoms with Gasteiger partial charge >= 0.3 is 0 Å². The molecule has 3 aliphatic rings. The number of hydrogen-bond acceptors (Lipinski definition) is 2. The quantitative estimate of drug-likeness (QED) is 0.851. The van der Waals surface area contributed by atoms with Crippen molar-refractivity contribution in [2.75, 3.05) is 19.6 Å². The van der Waals surface area contributed by atoms with Gasteiger partial charge in [-0.15, -0.1) is 0 Å². The van der Waals surface area contributed by atoms with Crippen LogP contribution in [-0.2, 0) is 11.3 Å². The Bertz CT molecular complexity index is 732. The fourth-order valence-corrected chi connectivity index (χ4v) is 5.33. The molecule has 0 bridgehead atoms. The minimum Gasteiger partial charge on any atom is -0.356 e. The third-order valence-electron chi connectivity index (χ3n) is 7.05. The van der Waals surface area contributed by atoms with Crippen molar-refractivity contribution in [2.24, 2.45) is 17.3 Å². The maximum absolute atomic E-state index is 12.7. The normalized spacial score (nSPS) is 27.2. The molecule has 1 aromatic heterocycles. The SMILES string of the molecule is CCn1c(C)cc(C(=O)N2CC(CNC(=O)CC34CCCC3C4)C2)c1C. The molecule has 1 N–H and O–H groups in total. The number of nitrogens with zero attached hydrogens (tertiary/aromatic N) is 2. The van der Waals surface area contributed by atoms with Gasteiger partial charge in [-0.3, -0.25) is 9.59 Å². The molecule has 1 saturated heterocycles. The van der Waals surface area contributed by atoms with Crippen LogP contribution in [0.5, 0.6) is 0 Å². The molecule has 1 aromatic rings. The molecular formula is C21H31N3O2. The Morgan fingerprint density at radius 1 is 1.31 bits per heavy atom. The predicted molar refractivity (Wildman–Crippen MR) is 101 cm³/mol. The summed E-state index contributed by atoms with van der Waals surface area (Å²) in [6.45, 7) is 9.28. The molecule has 0 spiro atoms. The van der Waals surface area contributed by atoms with E-state index in [0.717, 1.165) is 48.9 Å². The molecule has 2 unspecified atom stereocenters. The molecule has 2 amide bonds. The summed E-state index contributed by atoms with van der Waals surface area (Å²) in [6.07, 6.45) is 5.85. The number of fused-ring (bicyclic) bond motifs is 1. The minimum atomic E-state index is 0.131. The minimum absolute atomic E-state index is 0.131. The summed E-state index contributed by atoms with van der Waals surface area (Å²) in [6, 6.07) is 2.00. The first-order valence-corrected chi connectivity index (χ1v) is 10.2. The fourth-order valence-electron chi connectivity index (χ4n) is 5.33. The maximum Gasteiger partial charge on any atom is 0.255 e. The van der Waals surface area contributed by atoms with Crippen molar-refractivity contribution in [2.45, 2.75) is 59.4 Å². The highest BCUT2D eigenvalue weighted by molar-refractivity contribution is 5.96. The molecule has 2 saturated carbocycles. The molecule has 5 heteroatoms. The van der Waals surface area contributed by atoms with Crippen molar-refractivity contribution < 1.29 is 9.59 Å². The lowest BCUT2D eigenvalue weighted by atomic mass is 9.97. The van der Waals surface area contributed by atoms with Gasteiger partial charge in [-0.05, 0) is 57.4 Å². The smallest absolute Gasteiger partial charge is 0.255 e. The van der Waals surface area contributed by atoms with Gasteiger partial charge in [0.25, 0.3) is 5.91 Å². The second-order valence-corrected chi connectivity index (χ2v) is 8.74. The first-order valence-electron chi connectivity index (χ1n) is 10.2. The van der Waals surface area contributed by atoms with Gasteiger partial charge in [0.05, 0.1) is 5.56 Å². The van der Waals surface area contributed by atoms with Crippen LogP contribution in [0.3, 0.4) is 0 Å². The molecular weight excluding hydrogens is 326 g/mol. The summed E-state index contributed by atoms with van der Waals surface area (Å²) < 4.78 is 2.18. The predicted octanol–water partition coefficient (Wildman–Crippen LogP) is 2.89. The summed E-state index contributed by atoms with van der Waals surface area (Å²) in [5.41, 5.74) is 3.39. The van der Waals surface area contributed by atoms with Crippen LogP contribution >= 0.6 is 0 Å². The first kappa shape index (κ1) is 17.6. The third-order valence-corrected chi connectivity index (χ3v) is 7.05. The summed E-state index contributed by atoms with van der Waals surface area (Å²) in [5, 5.41) is 3.12. The average Bonchev–Trinajstić information content (AvgIpc) is 2.94. The number of hydrogen-bond donors (Lipinski definition) is 1. The van der Waals surface area contributed by atoms with E-state index < -0.39 is 0 Å². The van der Waals surface area contributed by atoms with Crippen LogP contribution in [0.2, 0.25) is 0 Å². The number of carbonyl (C=O) groups excluding carboxylic acids is 2. The zero-order chi connectivity index (χ0) is 18.5. The van der Waals surface area contributed by atoms with Gasteiger partial charge in [0, 0.05) is 49.9 Å². The van der Waals surface area contributed by atoms with Gasteiger partial charge in [0.2, 0.25) is 5.91 Å². The Morgan fingerprint density at radius 2 is 2.08 bits per heavy atom. The van der Waals surface area contributed by atoms with Gasteiger partial charge in [0.15, 0.2) is 0 Å². The van der Waals surface area contributed by atoms with Crippen molar-refractivity contribution in [3.8, 4) is 0 Å². The molecule has 26 heavy (non-hydrogen) atoms. The van der Waals surface area contributed by atoms with Crippen molar-refractivity contribution in [3.05, 3.63) is 23.0 Å². The average molecular weight is 357 g/mol. The Hall–Kier alpha value is -1.78. The topological polar surface area (TPSA) is 54.3 Å². The Morgan fingerprint density at radius 3 is 2.65 bits per heavy atom. The van der Waals surface area contributed by atoms with E-state index in [0.29, 0.717) is 17.9 Å². The first-order chi connectivity index (χ1) is 12.4. The maximum atomic E-state index is 12.7. The van der Waals surface area contributed by atoms with Crippen LogP contribution in [0.4, 0.5) is 0 Å². The molecule has 2 atom stereocenters. The molecule has 5 nitrogen and oxygen atoms in total. The Labute approximate surface area is 156 Å². The van der Waals surface area contributed by atoms with E-state index >= 15 is 0 Å². The second-order valence-electron chi connectivity index (χ2n) is 8.74. The van der Waals surface area contributed by atoms with Crippen LogP contribution < -0.4 is 5.32 Å². The molecule has 4 rings (SSSR count). The monoisotopic (exact) mass is 357 g/mol. The number of rotatable bonds is 6. The van der Waals surface area contributed by atoms with Crippen LogP contribution in [0.25, 0.3) is 0 Å². The summed E-state index contributed by atoms with van der Waals surface area (Å²) in [4.78, 5) is 26.9. The Balaban J connectivity index is 1.23. The molecule has 0 radical (unpaired) electrons. The lowest BCUT2D eigenvalue weighted by molar-refractivity contribution is -0.122. The van der Waals surface area contributed by atoms with E-state index in [1.165, 1.54) is 25.7 Å². The highest BCUT2D eigenvalue weighted by Crippen LogP contribution is 2.65. The largest absolute Gasteiger partial charge is 0.356 e. The lowest BCUT2D eigenvalue weighted by Crippen LogP contribution is -2.53. The molecule has 1 aliphatic heterocycles. The Kier molecular flexibility index (Phi) is 4.36. The molecule has 142 valence electrons. The number of likely N-dealkylation sites (tertiary alicyclic amines) is 1. The number of aromatic nitrogens is 1. The van der Waals surface area contributed by atoms with Gasteiger partial charge in [-0.2, -0.15) is 0 Å².